The second kappa shape index (κ2) is 4.80. The van der Waals surface area contributed by atoms with Crippen LogP contribution in [0.15, 0.2) is 43.0 Å². The molecular formula is C10H10N2O3S. The van der Waals surface area contributed by atoms with E-state index in [-0.39, 0.29) is 0 Å². The molecule has 0 aliphatic heterocycles. The van der Waals surface area contributed by atoms with E-state index >= 15 is 0 Å². The van der Waals surface area contributed by atoms with Crippen molar-refractivity contribution in [3.63, 3.8) is 0 Å². The lowest BCUT2D eigenvalue weighted by Crippen LogP contribution is -2.17. The Morgan fingerprint density at radius 3 is 2.69 bits per heavy atom. The van der Waals surface area contributed by atoms with Crippen molar-refractivity contribution < 1.29 is 12.7 Å². The molecule has 0 aliphatic rings. The minimum Gasteiger partial charge on any atom is -0.370 e. The third kappa shape index (κ3) is 2.83. The van der Waals surface area contributed by atoms with Gasteiger partial charge in [0.1, 0.15) is 12.1 Å². The summed E-state index contributed by atoms with van der Waals surface area (Å²) in [6, 6.07) is 7.18. The van der Waals surface area contributed by atoms with E-state index in [1.54, 1.807) is 12.1 Å². The van der Waals surface area contributed by atoms with Gasteiger partial charge in [0.15, 0.2) is 0 Å². The van der Waals surface area contributed by atoms with Gasteiger partial charge in [-0.1, -0.05) is 17.7 Å². The van der Waals surface area contributed by atoms with Gasteiger partial charge in [-0.25, -0.2) is 4.98 Å². The van der Waals surface area contributed by atoms with E-state index in [2.05, 4.69) is 4.98 Å². The average molecular weight is 238 g/mol. The summed E-state index contributed by atoms with van der Waals surface area (Å²) in [5.41, 5.74) is 1.11. The molecule has 0 spiro atoms. The molecule has 0 saturated carbocycles. The molecule has 84 valence electrons. The third-order valence-corrected chi connectivity index (χ3v) is 2.43. The lowest BCUT2D eigenvalue weighted by molar-refractivity contribution is 0.273. The highest BCUT2D eigenvalue weighted by molar-refractivity contribution is 7.75. The van der Waals surface area contributed by atoms with Crippen molar-refractivity contribution in [2.24, 2.45) is 0 Å². The van der Waals surface area contributed by atoms with E-state index in [0.29, 0.717) is 5.75 Å². The molecule has 6 heteroatoms. The minimum absolute atomic E-state index is 0.490. The first-order chi connectivity index (χ1) is 7.74. The van der Waals surface area contributed by atoms with E-state index in [4.69, 9.17) is 8.47 Å². The van der Waals surface area contributed by atoms with Crippen LogP contribution in [0.4, 0.5) is 0 Å². The largest absolute Gasteiger partial charge is 0.437 e. The van der Waals surface area contributed by atoms with Gasteiger partial charge in [-0.2, -0.15) is 8.94 Å². The molecule has 0 aliphatic carbocycles. The number of aryl methyl sites for hydroxylation is 1. The molecule has 1 heterocycles. The summed E-state index contributed by atoms with van der Waals surface area (Å²) in [6.45, 7) is 1.96. The molecule has 0 fully saturated rings. The number of imidazole rings is 1. The van der Waals surface area contributed by atoms with Crippen molar-refractivity contribution in [3.05, 3.63) is 48.5 Å². The van der Waals surface area contributed by atoms with Crippen molar-refractivity contribution >= 4 is 11.4 Å². The summed E-state index contributed by atoms with van der Waals surface area (Å²) in [7, 11) is 0. The lowest BCUT2D eigenvalue weighted by Gasteiger charge is -2.04. The van der Waals surface area contributed by atoms with Gasteiger partial charge < -0.3 is 4.18 Å². The fraction of sp³-hybridized carbons (Fsp3) is 0.100. The Morgan fingerprint density at radius 1 is 1.31 bits per heavy atom. The molecule has 1 aromatic heterocycles. The summed E-state index contributed by atoms with van der Waals surface area (Å²) in [6.07, 6.45) is 4.43. The fourth-order valence-corrected chi connectivity index (χ4v) is 1.58. The van der Waals surface area contributed by atoms with E-state index in [1.165, 1.54) is 23.5 Å². The average Bonchev–Trinajstić information content (AvgIpc) is 2.74. The van der Waals surface area contributed by atoms with Gasteiger partial charge in [-0.15, -0.1) is 0 Å². The summed E-state index contributed by atoms with van der Waals surface area (Å²) in [4.78, 5) is 3.74. The Balaban J connectivity index is 1.95. The maximum Gasteiger partial charge on any atom is 0.437 e. The molecule has 0 bridgehead atoms. The molecule has 2 rings (SSSR count). The Bertz CT molecular complexity index is 467. The number of nitrogens with zero attached hydrogens (tertiary/aromatic N) is 2. The molecule has 1 aromatic carbocycles. The van der Waals surface area contributed by atoms with Crippen molar-refractivity contribution in [1.82, 2.24) is 9.71 Å². The van der Waals surface area contributed by atoms with Gasteiger partial charge in [-0.05, 0) is 19.1 Å². The number of hydrogen-bond donors (Lipinski definition) is 0. The van der Waals surface area contributed by atoms with Gasteiger partial charge >= 0.3 is 11.4 Å². The van der Waals surface area contributed by atoms with Crippen LogP contribution in [-0.4, -0.2) is 13.9 Å². The standard InChI is InChI=1S/C10H10N2O3S/c1-9-2-4-10(5-3-9)14-16(13)15-12-7-6-11-8-12/h2-8H,1H3. The Hall–Kier alpha value is -1.82. The third-order valence-electron chi connectivity index (χ3n) is 1.81. The highest BCUT2D eigenvalue weighted by Gasteiger charge is 2.04. The van der Waals surface area contributed by atoms with E-state index in [0.717, 1.165) is 5.56 Å². The predicted molar refractivity (Wildman–Crippen MR) is 58.8 cm³/mol. The number of hydrogen-bond acceptors (Lipinski definition) is 4. The minimum atomic E-state index is -1.88. The zero-order valence-corrected chi connectivity index (χ0v) is 9.39. The monoisotopic (exact) mass is 238 g/mol. The van der Waals surface area contributed by atoms with Crippen molar-refractivity contribution in [2.45, 2.75) is 6.92 Å². The van der Waals surface area contributed by atoms with Crippen LogP contribution in [0, 0.1) is 6.92 Å². The molecule has 0 N–H and O–H groups in total. The predicted octanol–water partition coefficient (Wildman–Crippen LogP) is 1.28. The molecular weight excluding hydrogens is 228 g/mol. The van der Waals surface area contributed by atoms with Crippen LogP contribution in [0.25, 0.3) is 0 Å². The van der Waals surface area contributed by atoms with Crippen molar-refractivity contribution in [3.8, 4) is 5.75 Å². The first-order valence-corrected chi connectivity index (χ1v) is 5.57. The van der Waals surface area contributed by atoms with E-state index in [9.17, 15) is 4.21 Å². The molecule has 16 heavy (non-hydrogen) atoms. The summed E-state index contributed by atoms with van der Waals surface area (Å²) >= 11 is -1.88. The zero-order valence-electron chi connectivity index (χ0n) is 8.57. The van der Waals surface area contributed by atoms with Crippen molar-refractivity contribution in [1.29, 1.82) is 0 Å². The second-order valence-corrected chi connectivity index (χ2v) is 3.82. The molecule has 0 saturated heterocycles. The summed E-state index contributed by atoms with van der Waals surface area (Å²) in [5.74, 6) is 0.490. The highest BCUT2D eigenvalue weighted by Crippen LogP contribution is 2.12. The number of aromatic nitrogens is 2. The van der Waals surface area contributed by atoms with Crippen molar-refractivity contribution in [2.75, 3.05) is 0 Å². The van der Waals surface area contributed by atoms with Gasteiger partial charge in [0.05, 0.1) is 6.20 Å². The van der Waals surface area contributed by atoms with Crippen LogP contribution < -0.4 is 8.47 Å². The molecule has 2 aromatic rings. The van der Waals surface area contributed by atoms with Crippen LogP contribution >= 0.6 is 0 Å². The van der Waals surface area contributed by atoms with Gasteiger partial charge in [-0.3, -0.25) is 4.28 Å². The Kier molecular flexibility index (Phi) is 3.21. The van der Waals surface area contributed by atoms with Gasteiger partial charge in [0, 0.05) is 6.20 Å². The molecule has 1 unspecified atom stereocenters. The second-order valence-electron chi connectivity index (χ2n) is 3.10. The zero-order chi connectivity index (χ0) is 11.4. The van der Waals surface area contributed by atoms with Crippen LogP contribution in [0.5, 0.6) is 5.75 Å². The van der Waals surface area contributed by atoms with E-state index < -0.39 is 11.4 Å². The first-order valence-electron chi connectivity index (χ1n) is 4.57. The maximum absolute atomic E-state index is 11.4. The van der Waals surface area contributed by atoms with Crippen LogP contribution in [0.1, 0.15) is 5.56 Å². The molecule has 5 nitrogen and oxygen atoms in total. The number of rotatable bonds is 4. The fourth-order valence-electron chi connectivity index (χ4n) is 1.05. The lowest BCUT2D eigenvalue weighted by atomic mass is 10.2. The SMILES string of the molecule is Cc1ccc(OS(=O)On2ccnc2)cc1. The quantitative estimate of drug-likeness (QED) is 0.805. The molecule has 0 radical (unpaired) electrons. The number of benzene rings is 1. The first kappa shape index (κ1) is 10.7. The highest BCUT2D eigenvalue weighted by atomic mass is 32.2. The molecule has 0 amide bonds. The van der Waals surface area contributed by atoms with Crippen LogP contribution in [0.2, 0.25) is 0 Å². The van der Waals surface area contributed by atoms with Crippen LogP contribution in [0.3, 0.4) is 0 Å². The Labute approximate surface area is 95.5 Å². The van der Waals surface area contributed by atoms with E-state index in [1.807, 2.05) is 19.1 Å². The topological polar surface area (TPSA) is 53.4 Å². The maximum atomic E-state index is 11.4. The molecule has 1 atom stereocenters. The van der Waals surface area contributed by atoms with Gasteiger partial charge in [0.25, 0.3) is 0 Å². The van der Waals surface area contributed by atoms with Crippen LogP contribution in [-0.2, 0) is 11.4 Å². The normalized spacial score (nSPS) is 12.1. The Morgan fingerprint density at radius 2 is 2.06 bits per heavy atom. The smallest absolute Gasteiger partial charge is 0.370 e. The summed E-state index contributed by atoms with van der Waals surface area (Å²) in [5, 5.41) is 0. The summed E-state index contributed by atoms with van der Waals surface area (Å²) < 4.78 is 22.5. The van der Waals surface area contributed by atoms with Gasteiger partial charge in [0.2, 0.25) is 0 Å².